The third kappa shape index (κ3) is 2.54. The van der Waals surface area contributed by atoms with Crippen LogP contribution in [0.4, 0.5) is 0 Å². The van der Waals surface area contributed by atoms with E-state index in [0.29, 0.717) is 12.1 Å². The summed E-state index contributed by atoms with van der Waals surface area (Å²) in [6.45, 7) is 4.15. The maximum atomic E-state index is 12.3. The summed E-state index contributed by atoms with van der Waals surface area (Å²) in [5.41, 5.74) is 0. The number of rotatable bonds is 4. The zero-order valence-electron chi connectivity index (χ0n) is 11.5. The van der Waals surface area contributed by atoms with Crippen molar-refractivity contribution in [3.8, 4) is 0 Å². The number of aryl methyl sites for hydroxylation is 1. The lowest BCUT2D eigenvalue weighted by molar-refractivity contribution is -0.126. The third-order valence-electron chi connectivity index (χ3n) is 4.29. The van der Waals surface area contributed by atoms with Crippen molar-refractivity contribution in [2.24, 2.45) is 5.92 Å². The van der Waals surface area contributed by atoms with Gasteiger partial charge in [-0.05, 0) is 32.6 Å². The van der Waals surface area contributed by atoms with Gasteiger partial charge in [0.2, 0.25) is 5.91 Å². The van der Waals surface area contributed by atoms with Gasteiger partial charge in [-0.1, -0.05) is 6.92 Å². The summed E-state index contributed by atoms with van der Waals surface area (Å²) in [7, 11) is 0. The second kappa shape index (κ2) is 5.21. The molecule has 1 amide bonds. The van der Waals surface area contributed by atoms with Crippen LogP contribution in [-0.2, 0) is 11.2 Å². The van der Waals surface area contributed by atoms with Crippen LogP contribution >= 0.6 is 11.3 Å². The monoisotopic (exact) mass is 279 g/mol. The van der Waals surface area contributed by atoms with E-state index in [2.05, 4.69) is 22.5 Å². The first-order chi connectivity index (χ1) is 9.17. The molecule has 2 bridgehead atoms. The summed E-state index contributed by atoms with van der Waals surface area (Å²) in [5.74, 6) is 0.354. The highest BCUT2D eigenvalue weighted by atomic mass is 32.1. The molecule has 3 heterocycles. The van der Waals surface area contributed by atoms with Gasteiger partial charge in [0.25, 0.3) is 0 Å². The van der Waals surface area contributed by atoms with Crippen LogP contribution in [0.15, 0.2) is 6.20 Å². The Morgan fingerprint density at radius 3 is 3.05 bits per heavy atom. The second-order valence-electron chi connectivity index (χ2n) is 5.64. The molecule has 104 valence electrons. The largest absolute Gasteiger partial charge is 0.347 e. The number of hydrogen-bond acceptors (Lipinski definition) is 4. The maximum Gasteiger partial charge on any atom is 0.225 e. The van der Waals surface area contributed by atoms with Crippen molar-refractivity contribution in [1.82, 2.24) is 15.6 Å². The molecule has 4 unspecified atom stereocenters. The van der Waals surface area contributed by atoms with E-state index in [0.717, 1.165) is 24.3 Å². The standard InChI is InChI=1S/C14H21N3OS/c1-3-10-7-15-14(19-10)8(2)16-13(18)11-6-9-4-5-12(11)17-9/h7-9,11-12,17H,3-6H2,1-2H3,(H,16,18). The van der Waals surface area contributed by atoms with Crippen molar-refractivity contribution in [2.75, 3.05) is 0 Å². The minimum Gasteiger partial charge on any atom is -0.347 e. The molecule has 5 heteroatoms. The van der Waals surface area contributed by atoms with Crippen LogP contribution in [0.1, 0.15) is 49.0 Å². The molecule has 0 aromatic carbocycles. The van der Waals surface area contributed by atoms with E-state index in [1.165, 1.54) is 11.3 Å². The van der Waals surface area contributed by atoms with Gasteiger partial charge in [0, 0.05) is 23.2 Å². The van der Waals surface area contributed by atoms with E-state index in [9.17, 15) is 4.79 Å². The number of aromatic nitrogens is 1. The fourth-order valence-corrected chi connectivity index (χ4v) is 4.04. The lowest BCUT2D eigenvalue weighted by atomic mass is 9.88. The number of fused-ring (bicyclic) bond motifs is 2. The molecule has 2 fully saturated rings. The number of carbonyl (C=O) groups excluding carboxylic acids is 1. The Morgan fingerprint density at radius 2 is 2.47 bits per heavy atom. The zero-order chi connectivity index (χ0) is 13.4. The summed E-state index contributed by atoms with van der Waals surface area (Å²) in [5, 5.41) is 7.66. The van der Waals surface area contributed by atoms with Crippen molar-refractivity contribution in [3.05, 3.63) is 16.1 Å². The molecule has 0 radical (unpaired) electrons. The van der Waals surface area contributed by atoms with Crippen molar-refractivity contribution < 1.29 is 4.79 Å². The van der Waals surface area contributed by atoms with Gasteiger partial charge in [-0.2, -0.15) is 0 Å². The zero-order valence-corrected chi connectivity index (χ0v) is 12.3. The molecule has 1 aromatic rings. The van der Waals surface area contributed by atoms with Gasteiger partial charge >= 0.3 is 0 Å². The normalized spacial score (nSPS) is 30.5. The van der Waals surface area contributed by atoms with Gasteiger partial charge in [-0.3, -0.25) is 4.79 Å². The van der Waals surface area contributed by atoms with Crippen LogP contribution in [0.25, 0.3) is 0 Å². The van der Waals surface area contributed by atoms with Crippen LogP contribution in [-0.4, -0.2) is 23.0 Å². The Balaban J connectivity index is 1.60. The van der Waals surface area contributed by atoms with Gasteiger partial charge < -0.3 is 10.6 Å². The average molecular weight is 279 g/mol. The summed E-state index contributed by atoms with van der Waals surface area (Å²) >= 11 is 1.70. The fraction of sp³-hybridized carbons (Fsp3) is 0.714. The average Bonchev–Trinajstić information content (AvgIpc) is 3.13. The molecule has 4 atom stereocenters. The van der Waals surface area contributed by atoms with Crippen LogP contribution in [0.3, 0.4) is 0 Å². The van der Waals surface area contributed by atoms with Gasteiger partial charge in [0.1, 0.15) is 5.01 Å². The Morgan fingerprint density at radius 1 is 1.63 bits per heavy atom. The van der Waals surface area contributed by atoms with Crippen LogP contribution in [0.5, 0.6) is 0 Å². The number of thiazole rings is 1. The molecule has 1 aromatic heterocycles. The van der Waals surface area contributed by atoms with Crippen molar-refractivity contribution in [3.63, 3.8) is 0 Å². The number of amides is 1. The highest BCUT2D eigenvalue weighted by molar-refractivity contribution is 7.11. The summed E-state index contributed by atoms with van der Waals surface area (Å²) in [6, 6.07) is 0.999. The third-order valence-corrected chi connectivity index (χ3v) is 5.61. The summed E-state index contributed by atoms with van der Waals surface area (Å²) in [4.78, 5) is 18.0. The van der Waals surface area contributed by atoms with E-state index in [1.54, 1.807) is 11.3 Å². The molecule has 2 aliphatic rings. The van der Waals surface area contributed by atoms with E-state index >= 15 is 0 Å². The van der Waals surface area contributed by atoms with E-state index < -0.39 is 0 Å². The molecule has 0 aliphatic carbocycles. The molecular formula is C14H21N3OS. The van der Waals surface area contributed by atoms with E-state index in [-0.39, 0.29) is 17.9 Å². The number of nitrogens with one attached hydrogen (secondary N) is 2. The molecule has 3 rings (SSSR count). The van der Waals surface area contributed by atoms with Crippen LogP contribution < -0.4 is 10.6 Å². The first-order valence-electron chi connectivity index (χ1n) is 7.18. The smallest absolute Gasteiger partial charge is 0.225 e. The predicted octanol–water partition coefficient (Wildman–Crippen LogP) is 2.02. The molecule has 19 heavy (non-hydrogen) atoms. The highest BCUT2D eigenvalue weighted by Crippen LogP contribution is 2.33. The van der Waals surface area contributed by atoms with E-state index in [4.69, 9.17) is 0 Å². The van der Waals surface area contributed by atoms with Crippen molar-refractivity contribution in [1.29, 1.82) is 0 Å². The minimum absolute atomic E-state index is 0.0249. The minimum atomic E-state index is 0.0249. The number of carbonyl (C=O) groups is 1. The SMILES string of the molecule is CCc1cnc(C(C)NC(=O)C2CC3CCC2N3)s1. The van der Waals surface area contributed by atoms with Gasteiger partial charge in [-0.25, -0.2) is 4.98 Å². The van der Waals surface area contributed by atoms with Gasteiger partial charge in [-0.15, -0.1) is 11.3 Å². The molecule has 0 saturated carbocycles. The quantitative estimate of drug-likeness (QED) is 0.886. The molecule has 2 aliphatic heterocycles. The summed E-state index contributed by atoms with van der Waals surface area (Å²) < 4.78 is 0. The fourth-order valence-electron chi connectivity index (χ4n) is 3.18. The maximum absolute atomic E-state index is 12.3. The first kappa shape index (κ1) is 13.1. The lowest BCUT2D eigenvalue weighted by Gasteiger charge is -2.21. The first-order valence-corrected chi connectivity index (χ1v) is 8.00. The Hall–Kier alpha value is -0.940. The molecule has 2 saturated heterocycles. The lowest BCUT2D eigenvalue weighted by Crippen LogP contribution is -2.38. The molecule has 2 N–H and O–H groups in total. The Kier molecular flexibility index (Phi) is 3.58. The number of nitrogens with zero attached hydrogens (tertiary/aromatic N) is 1. The number of hydrogen-bond donors (Lipinski definition) is 2. The highest BCUT2D eigenvalue weighted by Gasteiger charge is 2.42. The van der Waals surface area contributed by atoms with Crippen LogP contribution in [0.2, 0.25) is 0 Å². The van der Waals surface area contributed by atoms with Crippen molar-refractivity contribution >= 4 is 17.2 Å². The predicted molar refractivity (Wildman–Crippen MR) is 76.1 cm³/mol. The van der Waals surface area contributed by atoms with Gasteiger partial charge in [0.15, 0.2) is 0 Å². The van der Waals surface area contributed by atoms with Gasteiger partial charge in [0.05, 0.1) is 12.0 Å². The molecule has 0 spiro atoms. The summed E-state index contributed by atoms with van der Waals surface area (Å²) in [6.07, 6.45) is 6.31. The second-order valence-corrected chi connectivity index (χ2v) is 6.79. The Bertz CT molecular complexity index is 473. The van der Waals surface area contributed by atoms with Crippen LogP contribution in [0, 0.1) is 5.92 Å². The molecule has 4 nitrogen and oxygen atoms in total. The molecular weight excluding hydrogens is 258 g/mol. The van der Waals surface area contributed by atoms with Crippen molar-refractivity contribution in [2.45, 2.75) is 57.7 Å². The topological polar surface area (TPSA) is 54.0 Å². The van der Waals surface area contributed by atoms with E-state index in [1.807, 2.05) is 13.1 Å². The Labute approximate surface area is 118 Å².